The first-order valence-electron chi connectivity index (χ1n) is 42.2. The molecule has 100 heavy (non-hydrogen) atoms. The summed E-state index contributed by atoms with van der Waals surface area (Å²) in [5.74, 6) is -1.23. The summed E-state index contributed by atoms with van der Waals surface area (Å²) in [6, 6.07) is 0. The van der Waals surface area contributed by atoms with Crippen LogP contribution in [0.4, 0.5) is 0 Å². The van der Waals surface area contributed by atoms with Crippen molar-refractivity contribution in [3.8, 4) is 0 Å². The fourth-order valence-corrected chi connectivity index (χ4v) is 14.1. The van der Waals surface area contributed by atoms with Gasteiger partial charge in [-0.2, -0.15) is 0 Å². The van der Waals surface area contributed by atoms with E-state index in [0.29, 0.717) is 25.7 Å². The second kappa shape index (κ2) is 73.9. The van der Waals surface area contributed by atoms with E-state index in [0.717, 1.165) is 95.8 Å². The zero-order chi connectivity index (χ0) is 73.4. The maximum Gasteiger partial charge on any atom is 0.472 e. The van der Waals surface area contributed by atoms with Crippen LogP contribution >= 0.6 is 15.6 Å². The first-order chi connectivity index (χ1) is 48.6. The third-order valence-electron chi connectivity index (χ3n) is 19.4. The Hall–Kier alpha value is -1.94. The first kappa shape index (κ1) is 98.1. The van der Waals surface area contributed by atoms with E-state index in [1.165, 1.54) is 257 Å². The molecule has 0 aliphatic heterocycles. The van der Waals surface area contributed by atoms with Crippen LogP contribution in [-0.4, -0.2) is 96.7 Å². The van der Waals surface area contributed by atoms with Crippen LogP contribution in [-0.2, 0) is 65.4 Å². The Morgan fingerprint density at radius 1 is 0.280 bits per heavy atom. The van der Waals surface area contributed by atoms with Crippen molar-refractivity contribution < 1.29 is 80.2 Å². The number of esters is 4. The molecule has 0 aromatic heterocycles. The SMILES string of the molecule is CCCCCCCCCCCCCCCCC(=O)OC[C@H](COP(=O)(O)OC[C@@H](O)COP(=O)(O)OC[C@@H](COC(=O)CCCCCCCCCCCC)OC(=O)CCCCCCCCCCCCCCCC)OC(=O)CCCCCCCCCCCCCCCCCCCCC(C)CC. The van der Waals surface area contributed by atoms with Crippen molar-refractivity contribution in [3.05, 3.63) is 0 Å². The summed E-state index contributed by atoms with van der Waals surface area (Å²) in [6.45, 7) is 7.39. The monoisotopic (exact) mass is 1470 g/mol. The highest BCUT2D eigenvalue weighted by atomic mass is 31.2. The van der Waals surface area contributed by atoms with E-state index in [2.05, 4.69) is 34.6 Å². The average Bonchev–Trinajstić information content (AvgIpc) is 0.949. The van der Waals surface area contributed by atoms with Gasteiger partial charge in [-0.1, -0.05) is 381 Å². The van der Waals surface area contributed by atoms with Crippen LogP contribution in [0.2, 0.25) is 0 Å². The molecule has 3 unspecified atom stereocenters. The molecule has 19 heteroatoms. The molecule has 0 fully saturated rings. The lowest BCUT2D eigenvalue weighted by Gasteiger charge is -2.21. The van der Waals surface area contributed by atoms with Crippen molar-refractivity contribution >= 4 is 39.5 Å². The number of hydrogen-bond donors (Lipinski definition) is 3. The Labute approximate surface area is 613 Å². The van der Waals surface area contributed by atoms with E-state index in [1.54, 1.807) is 0 Å². The molecule has 0 heterocycles. The minimum atomic E-state index is -4.96. The number of ether oxygens (including phenoxy) is 4. The number of carbonyl (C=O) groups is 4. The summed E-state index contributed by atoms with van der Waals surface area (Å²) < 4.78 is 68.7. The van der Waals surface area contributed by atoms with Gasteiger partial charge in [0.1, 0.15) is 19.3 Å². The Morgan fingerprint density at radius 3 is 0.710 bits per heavy atom. The molecule has 0 radical (unpaired) electrons. The van der Waals surface area contributed by atoms with Crippen molar-refractivity contribution in [2.75, 3.05) is 39.6 Å². The average molecular weight is 1470 g/mol. The fourth-order valence-electron chi connectivity index (χ4n) is 12.6. The molecule has 6 atom stereocenters. The highest BCUT2D eigenvalue weighted by molar-refractivity contribution is 7.47. The van der Waals surface area contributed by atoms with Crippen LogP contribution in [0.3, 0.4) is 0 Å². The molecular weight excluding hydrogens is 1310 g/mol. The van der Waals surface area contributed by atoms with Gasteiger partial charge in [-0.25, -0.2) is 9.13 Å². The van der Waals surface area contributed by atoms with Gasteiger partial charge >= 0.3 is 39.5 Å². The lowest BCUT2D eigenvalue weighted by atomic mass is 9.99. The van der Waals surface area contributed by atoms with Gasteiger partial charge in [-0.05, 0) is 31.6 Å². The van der Waals surface area contributed by atoms with Crippen LogP contribution in [0.25, 0.3) is 0 Å². The summed E-state index contributed by atoms with van der Waals surface area (Å²) in [4.78, 5) is 73.0. The van der Waals surface area contributed by atoms with Crippen molar-refractivity contribution in [3.63, 3.8) is 0 Å². The maximum atomic E-state index is 13.1. The molecule has 0 bridgehead atoms. The topological polar surface area (TPSA) is 237 Å². The van der Waals surface area contributed by atoms with Crippen molar-refractivity contribution in [2.24, 2.45) is 5.92 Å². The summed E-state index contributed by atoms with van der Waals surface area (Å²) in [5.41, 5.74) is 0. The predicted octanol–water partition coefficient (Wildman–Crippen LogP) is 24.4. The van der Waals surface area contributed by atoms with Gasteiger partial charge < -0.3 is 33.8 Å². The van der Waals surface area contributed by atoms with Gasteiger partial charge in [0.05, 0.1) is 26.4 Å². The van der Waals surface area contributed by atoms with Crippen LogP contribution in [0.15, 0.2) is 0 Å². The van der Waals surface area contributed by atoms with Crippen LogP contribution in [0, 0.1) is 5.92 Å². The Kier molecular flexibility index (Phi) is 72.5. The zero-order valence-electron chi connectivity index (χ0n) is 65.3. The Morgan fingerprint density at radius 2 is 0.480 bits per heavy atom. The number of carbonyl (C=O) groups excluding carboxylic acids is 4. The third kappa shape index (κ3) is 73.0. The number of phosphoric acid groups is 2. The lowest BCUT2D eigenvalue weighted by molar-refractivity contribution is -0.161. The van der Waals surface area contributed by atoms with E-state index in [-0.39, 0.29) is 25.7 Å². The maximum absolute atomic E-state index is 13.1. The number of hydrogen-bond acceptors (Lipinski definition) is 15. The standard InChI is InChI=1S/C81H158O17P2/c1-6-10-13-16-19-22-25-27-36-40-45-50-55-60-65-79(84)92-71-77(98-81(86)67-62-57-52-47-42-38-34-32-30-29-31-33-35-39-43-48-53-58-63-74(5)9-4)73-96-100(89,90)94-69-75(82)68-93-99(87,88)95-72-76(70-91-78(83)64-59-54-49-44-24-21-18-15-12-8-3)97-80(85)66-61-56-51-46-41-37-28-26-23-20-17-14-11-7-2/h74-77,82H,6-73H2,1-5H3,(H,87,88)(H,89,90)/t74?,75-,76+,77+/m0/s1. The van der Waals surface area contributed by atoms with E-state index >= 15 is 0 Å². The highest BCUT2D eigenvalue weighted by Crippen LogP contribution is 2.45. The quantitative estimate of drug-likeness (QED) is 0.0222. The largest absolute Gasteiger partial charge is 0.472 e. The zero-order valence-corrected chi connectivity index (χ0v) is 67.1. The second-order valence-electron chi connectivity index (χ2n) is 29.4. The van der Waals surface area contributed by atoms with Crippen molar-refractivity contribution in [2.45, 2.75) is 451 Å². The van der Waals surface area contributed by atoms with Crippen molar-refractivity contribution in [1.82, 2.24) is 0 Å². The van der Waals surface area contributed by atoms with E-state index in [9.17, 15) is 43.2 Å². The Bertz CT molecular complexity index is 1910. The predicted molar refractivity (Wildman–Crippen MR) is 409 cm³/mol. The molecule has 0 spiro atoms. The number of aliphatic hydroxyl groups is 1. The number of phosphoric ester groups is 2. The van der Waals surface area contributed by atoms with Gasteiger partial charge in [0.25, 0.3) is 0 Å². The fraction of sp³-hybridized carbons (Fsp3) is 0.951. The van der Waals surface area contributed by atoms with Crippen molar-refractivity contribution in [1.29, 1.82) is 0 Å². The summed E-state index contributed by atoms with van der Waals surface area (Å²) in [7, 11) is -9.92. The number of rotatable bonds is 81. The molecule has 594 valence electrons. The van der Waals surface area contributed by atoms with E-state index in [1.807, 2.05) is 0 Å². The lowest BCUT2D eigenvalue weighted by Crippen LogP contribution is -2.30. The molecule has 0 aliphatic carbocycles. The van der Waals surface area contributed by atoms with Gasteiger partial charge in [0.2, 0.25) is 0 Å². The molecule has 0 saturated carbocycles. The van der Waals surface area contributed by atoms with Crippen LogP contribution < -0.4 is 0 Å². The summed E-state index contributed by atoms with van der Waals surface area (Å²) in [5, 5.41) is 10.6. The van der Waals surface area contributed by atoms with Gasteiger partial charge in [0, 0.05) is 25.7 Å². The third-order valence-corrected chi connectivity index (χ3v) is 21.3. The number of unbranched alkanes of at least 4 members (excludes halogenated alkanes) is 52. The Balaban J connectivity index is 5.20. The normalized spacial score (nSPS) is 14.1. The highest BCUT2D eigenvalue weighted by Gasteiger charge is 2.30. The smallest absolute Gasteiger partial charge is 0.462 e. The molecule has 0 aromatic rings. The molecule has 17 nitrogen and oxygen atoms in total. The molecule has 0 aromatic carbocycles. The summed E-state index contributed by atoms with van der Waals surface area (Å²) in [6.07, 6.45) is 65.1. The second-order valence-corrected chi connectivity index (χ2v) is 32.3. The van der Waals surface area contributed by atoms with E-state index in [4.69, 9.17) is 37.0 Å². The minimum Gasteiger partial charge on any atom is -0.462 e. The number of aliphatic hydroxyl groups excluding tert-OH is 1. The minimum absolute atomic E-state index is 0.108. The van der Waals surface area contributed by atoms with Gasteiger partial charge in [-0.15, -0.1) is 0 Å². The molecule has 0 rings (SSSR count). The van der Waals surface area contributed by atoms with Crippen LogP contribution in [0.1, 0.15) is 433 Å². The van der Waals surface area contributed by atoms with E-state index < -0.39 is 97.5 Å². The molecular formula is C81H158O17P2. The molecule has 0 aliphatic rings. The first-order valence-corrected chi connectivity index (χ1v) is 45.2. The van der Waals surface area contributed by atoms with Gasteiger partial charge in [0.15, 0.2) is 12.2 Å². The molecule has 3 N–H and O–H groups in total. The van der Waals surface area contributed by atoms with Crippen LogP contribution in [0.5, 0.6) is 0 Å². The van der Waals surface area contributed by atoms with Gasteiger partial charge in [-0.3, -0.25) is 37.3 Å². The molecule has 0 amide bonds. The summed E-state index contributed by atoms with van der Waals surface area (Å²) >= 11 is 0. The molecule has 0 saturated heterocycles.